The number of hydrogen-bond acceptors (Lipinski definition) is 3. The molecule has 20 heavy (non-hydrogen) atoms. The van der Waals surface area contributed by atoms with Gasteiger partial charge in [0.25, 0.3) is 0 Å². The van der Waals surface area contributed by atoms with Crippen LogP contribution in [0.5, 0.6) is 0 Å². The fourth-order valence-corrected chi connectivity index (χ4v) is 2.99. The lowest BCUT2D eigenvalue weighted by molar-refractivity contribution is 0.193. The lowest BCUT2D eigenvalue weighted by Gasteiger charge is -2.39. The van der Waals surface area contributed by atoms with Gasteiger partial charge in [-0.3, -0.25) is 4.90 Å². The molecule has 0 bridgehead atoms. The van der Waals surface area contributed by atoms with Gasteiger partial charge in [-0.05, 0) is 38.1 Å². The largest absolute Gasteiger partial charge is 0.369 e. The van der Waals surface area contributed by atoms with E-state index in [2.05, 4.69) is 47.2 Å². The van der Waals surface area contributed by atoms with Crippen molar-refractivity contribution in [2.75, 3.05) is 38.1 Å². The molecule has 1 aromatic carbocycles. The Morgan fingerprint density at radius 1 is 1.25 bits per heavy atom. The van der Waals surface area contributed by atoms with Crippen LogP contribution in [0.3, 0.4) is 0 Å². The molecule has 0 aromatic heterocycles. The molecule has 112 valence electrons. The van der Waals surface area contributed by atoms with E-state index in [1.54, 1.807) is 0 Å². The molecule has 0 amide bonds. The molecule has 1 heterocycles. The Hall–Kier alpha value is -0.770. The van der Waals surface area contributed by atoms with Crippen molar-refractivity contribution >= 4 is 17.3 Å². The maximum Gasteiger partial charge on any atom is 0.0471 e. The molecule has 1 aromatic rings. The number of hydrogen-bond donors (Lipinski definition) is 1. The first-order valence-electron chi connectivity index (χ1n) is 7.57. The Morgan fingerprint density at radius 3 is 2.50 bits per heavy atom. The number of piperazine rings is 1. The van der Waals surface area contributed by atoms with Crippen LogP contribution in [0.2, 0.25) is 5.02 Å². The van der Waals surface area contributed by atoms with E-state index in [9.17, 15) is 0 Å². The van der Waals surface area contributed by atoms with Crippen LogP contribution in [0.1, 0.15) is 25.8 Å². The first-order valence-corrected chi connectivity index (χ1v) is 7.95. The van der Waals surface area contributed by atoms with Crippen molar-refractivity contribution in [1.29, 1.82) is 0 Å². The molecule has 0 radical (unpaired) electrons. The van der Waals surface area contributed by atoms with Crippen molar-refractivity contribution in [3.63, 3.8) is 0 Å². The lowest BCUT2D eigenvalue weighted by Crippen LogP contribution is -2.49. The van der Waals surface area contributed by atoms with Crippen LogP contribution in [0.15, 0.2) is 18.2 Å². The third-order valence-electron chi connectivity index (χ3n) is 4.30. The predicted octanol–water partition coefficient (Wildman–Crippen LogP) is 2.98. The van der Waals surface area contributed by atoms with Gasteiger partial charge in [0.15, 0.2) is 0 Å². The average Bonchev–Trinajstić information content (AvgIpc) is 2.49. The summed E-state index contributed by atoms with van der Waals surface area (Å²) >= 11 is 6.35. The lowest BCUT2D eigenvalue weighted by atomic mass is 10.1. The Labute approximate surface area is 127 Å². The van der Waals surface area contributed by atoms with Crippen LogP contribution >= 0.6 is 11.6 Å². The van der Waals surface area contributed by atoms with Gasteiger partial charge in [0.05, 0.1) is 0 Å². The van der Waals surface area contributed by atoms with Crippen LogP contribution in [0, 0.1) is 0 Å². The van der Waals surface area contributed by atoms with Crippen LogP contribution in [-0.4, -0.2) is 44.2 Å². The second-order valence-electron chi connectivity index (χ2n) is 5.59. The molecule has 2 rings (SSSR count). The van der Waals surface area contributed by atoms with Gasteiger partial charge in [0.2, 0.25) is 0 Å². The Kier molecular flexibility index (Phi) is 5.70. The normalized spacial score (nSPS) is 18.3. The molecule has 0 aliphatic carbocycles. The van der Waals surface area contributed by atoms with E-state index in [0.717, 1.165) is 43.3 Å². The minimum absolute atomic E-state index is 0.693. The van der Waals surface area contributed by atoms with Crippen molar-refractivity contribution in [2.45, 2.75) is 32.9 Å². The van der Waals surface area contributed by atoms with E-state index in [1.165, 1.54) is 12.1 Å². The summed E-state index contributed by atoms with van der Waals surface area (Å²) in [5.41, 5.74) is 2.41. The Bertz CT molecular complexity index is 428. The predicted molar refractivity (Wildman–Crippen MR) is 87.8 cm³/mol. The number of halogens is 1. The van der Waals surface area contributed by atoms with E-state index in [0.29, 0.717) is 6.04 Å². The first kappa shape index (κ1) is 15.6. The molecule has 1 saturated heterocycles. The summed E-state index contributed by atoms with van der Waals surface area (Å²) in [6.45, 7) is 9.87. The molecule has 0 saturated carbocycles. The van der Waals surface area contributed by atoms with Gasteiger partial charge in [-0.15, -0.1) is 0 Å². The molecule has 1 unspecified atom stereocenters. The minimum atomic E-state index is 0.693. The number of nitrogens with one attached hydrogen (secondary N) is 1. The van der Waals surface area contributed by atoms with Crippen LogP contribution in [0.25, 0.3) is 0 Å². The van der Waals surface area contributed by atoms with Gasteiger partial charge in [0, 0.05) is 49.5 Å². The average molecular weight is 296 g/mol. The van der Waals surface area contributed by atoms with Crippen LogP contribution in [-0.2, 0) is 6.54 Å². The maximum absolute atomic E-state index is 6.35. The fraction of sp³-hybridized carbons (Fsp3) is 0.625. The summed E-state index contributed by atoms with van der Waals surface area (Å²) < 4.78 is 0. The smallest absolute Gasteiger partial charge is 0.0471 e. The highest BCUT2D eigenvalue weighted by molar-refractivity contribution is 6.31. The van der Waals surface area contributed by atoms with E-state index in [4.69, 9.17) is 11.6 Å². The van der Waals surface area contributed by atoms with Gasteiger partial charge >= 0.3 is 0 Å². The van der Waals surface area contributed by atoms with Crippen LogP contribution < -0.4 is 10.2 Å². The zero-order chi connectivity index (χ0) is 14.5. The van der Waals surface area contributed by atoms with E-state index < -0.39 is 0 Å². The van der Waals surface area contributed by atoms with E-state index in [-0.39, 0.29) is 0 Å². The van der Waals surface area contributed by atoms with Crippen molar-refractivity contribution in [1.82, 2.24) is 10.2 Å². The summed E-state index contributed by atoms with van der Waals surface area (Å²) in [6, 6.07) is 7.12. The molecule has 1 aliphatic rings. The zero-order valence-corrected chi connectivity index (χ0v) is 13.6. The van der Waals surface area contributed by atoms with Crippen LogP contribution in [0.4, 0.5) is 5.69 Å². The number of benzene rings is 1. The summed E-state index contributed by atoms with van der Waals surface area (Å²) in [6.07, 6.45) is 1.23. The summed E-state index contributed by atoms with van der Waals surface area (Å²) in [7, 11) is 1.94. The number of anilines is 1. The highest BCUT2D eigenvalue weighted by atomic mass is 35.5. The zero-order valence-electron chi connectivity index (χ0n) is 12.8. The Morgan fingerprint density at radius 2 is 1.95 bits per heavy atom. The molecule has 1 aliphatic heterocycles. The SMILES string of the molecule is CCC(C)N1CCN(c2ccc(CNC)c(Cl)c2)CC1. The molecule has 1 atom stereocenters. The van der Waals surface area contributed by atoms with Gasteiger partial charge in [-0.1, -0.05) is 24.6 Å². The summed E-state index contributed by atoms with van der Waals surface area (Å²) in [4.78, 5) is 5.02. The van der Waals surface area contributed by atoms with Crippen molar-refractivity contribution in [2.24, 2.45) is 0 Å². The number of rotatable bonds is 5. The highest BCUT2D eigenvalue weighted by Crippen LogP contribution is 2.25. The third-order valence-corrected chi connectivity index (χ3v) is 4.65. The van der Waals surface area contributed by atoms with Gasteiger partial charge < -0.3 is 10.2 Å². The molecule has 3 nitrogen and oxygen atoms in total. The van der Waals surface area contributed by atoms with E-state index >= 15 is 0 Å². The summed E-state index contributed by atoms with van der Waals surface area (Å²) in [5, 5.41) is 4.01. The second kappa shape index (κ2) is 7.30. The molecule has 1 N–H and O–H groups in total. The maximum atomic E-state index is 6.35. The fourth-order valence-electron chi connectivity index (χ4n) is 2.75. The molecular weight excluding hydrogens is 270 g/mol. The molecule has 1 fully saturated rings. The van der Waals surface area contributed by atoms with Crippen molar-refractivity contribution in [3.8, 4) is 0 Å². The standard InChI is InChI=1S/C16H26ClN3/c1-4-13(2)19-7-9-20(10-8-19)15-6-5-14(12-18-3)16(17)11-15/h5-6,11,13,18H,4,7-10,12H2,1-3H3. The van der Waals surface area contributed by atoms with Crippen molar-refractivity contribution < 1.29 is 0 Å². The third kappa shape index (κ3) is 3.66. The molecule has 0 spiro atoms. The number of nitrogens with zero attached hydrogens (tertiary/aromatic N) is 2. The van der Waals surface area contributed by atoms with Gasteiger partial charge in [-0.2, -0.15) is 0 Å². The van der Waals surface area contributed by atoms with Gasteiger partial charge in [0.1, 0.15) is 0 Å². The van der Waals surface area contributed by atoms with Gasteiger partial charge in [-0.25, -0.2) is 0 Å². The highest BCUT2D eigenvalue weighted by Gasteiger charge is 2.20. The molecular formula is C16H26ClN3. The quantitative estimate of drug-likeness (QED) is 0.901. The van der Waals surface area contributed by atoms with E-state index in [1.807, 2.05) is 7.05 Å². The topological polar surface area (TPSA) is 18.5 Å². The molecule has 4 heteroatoms. The second-order valence-corrected chi connectivity index (χ2v) is 5.99. The Balaban J connectivity index is 1.98. The van der Waals surface area contributed by atoms with Crippen molar-refractivity contribution in [3.05, 3.63) is 28.8 Å². The minimum Gasteiger partial charge on any atom is -0.369 e. The first-order chi connectivity index (χ1) is 9.65. The summed E-state index contributed by atoms with van der Waals surface area (Å²) in [5.74, 6) is 0. The monoisotopic (exact) mass is 295 g/mol.